The Bertz CT molecular complexity index is 279. The lowest BCUT2D eigenvalue weighted by atomic mass is 10.1. The Morgan fingerprint density at radius 1 is 1.15 bits per heavy atom. The second kappa shape index (κ2) is 3.73. The monoisotopic (exact) mass is 175 g/mol. The number of piperidine rings is 1. The topological polar surface area (TPSA) is 29.0 Å². The van der Waals surface area contributed by atoms with E-state index in [2.05, 4.69) is 14.9 Å². The highest BCUT2D eigenvalue weighted by Gasteiger charge is 2.11. The van der Waals surface area contributed by atoms with E-state index in [9.17, 15) is 0 Å². The second-order valence-corrected chi connectivity index (χ2v) is 3.35. The zero-order valence-corrected chi connectivity index (χ0v) is 7.61. The van der Waals surface area contributed by atoms with Gasteiger partial charge in [-0.05, 0) is 19.3 Å². The predicted molar refractivity (Wildman–Crippen MR) is 51.5 cm³/mol. The molecule has 0 saturated carbocycles. The van der Waals surface area contributed by atoms with E-state index in [0.29, 0.717) is 5.69 Å². The molecule has 2 radical (unpaired) electrons. The Morgan fingerprint density at radius 3 is 2.62 bits per heavy atom. The van der Waals surface area contributed by atoms with Crippen LogP contribution in [-0.4, -0.2) is 23.1 Å². The summed E-state index contributed by atoms with van der Waals surface area (Å²) < 4.78 is 0. The molecule has 1 aliphatic rings. The standard InChI is InChI=1S/C10H13N3/c1-9-7-11-8-10(12-9)13-5-3-2-4-6-13/h1,7-8H,2-6H2. The van der Waals surface area contributed by atoms with Crippen LogP contribution < -0.4 is 4.90 Å². The molecule has 0 aliphatic carbocycles. The van der Waals surface area contributed by atoms with Crippen molar-refractivity contribution in [3.8, 4) is 0 Å². The Hall–Kier alpha value is -1.12. The molecule has 1 fully saturated rings. The maximum Gasteiger partial charge on any atom is 0.147 e. The molecule has 2 heterocycles. The fourth-order valence-electron chi connectivity index (χ4n) is 1.65. The quantitative estimate of drug-likeness (QED) is 0.648. The SMILES string of the molecule is [CH]c1cncc(N2CCCCC2)n1. The van der Waals surface area contributed by atoms with Gasteiger partial charge in [-0.25, -0.2) is 4.98 Å². The van der Waals surface area contributed by atoms with Crippen LogP contribution in [0, 0.1) is 6.92 Å². The van der Waals surface area contributed by atoms with E-state index in [1.54, 1.807) is 12.4 Å². The molecule has 0 spiro atoms. The van der Waals surface area contributed by atoms with Crippen LogP contribution >= 0.6 is 0 Å². The lowest BCUT2D eigenvalue weighted by Gasteiger charge is -2.27. The minimum Gasteiger partial charge on any atom is -0.355 e. The highest BCUT2D eigenvalue weighted by Crippen LogP contribution is 2.16. The van der Waals surface area contributed by atoms with Gasteiger partial charge in [-0.15, -0.1) is 0 Å². The van der Waals surface area contributed by atoms with Gasteiger partial charge in [-0.2, -0.15) is 0 Å². The molecular weight excluding hydrogens is 162 g/mol. The Morgan fingerprint density at radius 2 is 1.92 bits per heavy atom. The van der Waals surface area contributed by atoms with Crippen molar-refractivity contribution in [2.24, 2.45) is 0 Å². The summed E-state index contributed by atoms with van der Waals surface area (Å²) in [5, 5.41) is 0. The summed E-state index contributed by atoms with van der Waals surface area (Å²) in [5.74, 6) is 0.916. The molecule has 0 amide bonds. The van der Waals surface area contributed by atoms with Gasteiger partial charge >= 0.3 is 0 Å². The molecular formula is C10H13N3. The Labute approximate surface area is 78.8 Å². The van der Waals surface area contributed by atoms with Crippen LogP contribution in [0.15, 0.2) is 12.4 Å². The number of nitrogens with zero attached hydrogens (tertiary/aromatic N) is 3. The number of hydrogen-bond donors (Lipinski definition) is 0. The van der Waals surface area contributed by atoms with Crippen LogP contribution in [-0.2, 0) is 0 Å². The Balaban J connectivity index is 2.14. The fourth-order valence-corrected chi connectivity index (χ4v) is 1.65. The summed E-state index contributed by atoms with van der Waals surface area (Å²) in [6.07, 6.45) is 7.17. The van der Waals surface area contributed by atoms with E-state index in [4.69, 9.17) is 6.92 Å². The summed E-state index contributed by atoms with van der Waals surface area (Å²) in [7, 11) is 0. The number of hydrogen-bond acceptors (Lipinski definition) is 3. The van der Waals surface area contributed by atoms with Crippen LogP contribution in [0.25, 0.3) is 0 Å². The predicted octanol–water partition coefficient (Wildman–Crippen LogP) is 1.53. The third-order valence-corrected chi connectivity index (χ3v) is 2.32. The van der Waals surface area contributed by atoms with Crippen LogP contribution in [0.3, 0.4) is 0 Å². The second-order valence-electron chi connectivity index (χ2n) is 3.35. The minimum atomic E-state index is 0.503. The molecule has 68 valence electrons. The molecule has 0 unspecified atom stereocenters. The molecule has 1 aromatic rings. The minimum absolute atomic E-state index is 0.503. The third kappa shape index (κ3) is 1.97. The van der Waals surface area contributed by atoms with E-state index < -0.39 is 0 Å². The van der Waals surface area contributed by atoms with Gasteiger partial charge in [0.15, 0.2) is 0 Å². The molecule has 0 N–H and O–H groups in total. The van der Waals surface area contributed by atoms with E-state index in [1.807, 2.05) is 0 Å². The summed E-state index contributed by atoms with van der Waals surface area (Å²) in [5.41, 5.74) is 0.503. The van der Waals surface area contributed by atoms with Gasteiger partial charge in [0.25, 0.3) is 0 Å². The van der Waals surface area contributed by atoms with Gasteiger partial charge in [-0.1, -0.05) is 0 Å². The summed E-state index contributed by atoms with van der Waals surface area (Å²) in [6, 6.07) is 0. The van der Waals surface area contributed by atoms with Crippen molar-refractivity contribution in [3.63, 3.8) is 0 Å². The highest BCUT2D eigenvalue weighted by atomic mass is 15.2. The van der Waals surface area contributed by atoms with Crippen molar-refractivity contribution in [2.45, 2.75) is 19.3 Å². The number of aromatic nitrogens is 2. The molecule has 0 aromatic carbocycles. The van der Waals surface area contributed by atoms with Gasteiger partial charge in [0.1, 0.15) is 5.82 Å². The van der Waals surface area contributed by atoms with Crippen LogP contribution in [0.5, 0.6) is 0 Å². The first-order valence-electron chi connectivity index (χ1n) is 4.69. The van der Waals surface area contributed by atoms with Gasteiger partial charge in [-0.3, -0.25) is 4.98 Å². The molecule has 1 aromatic heterocycles. The van der Waals surface area contributed by atoms with Gasteiger partial charge in [0.05, 0.1) is 11.9 Å². The zero-order chi connectivity index (χ0) is 9.10. The van der Waals surface area contributed by atoms with Crippen LogP contribution in [0.4, 0.5) is 5.82 Å². The van der Waals surface area contributed by atoms with Crippen LogP contribution in [0.1, 0.15) is 25.0 Å². The summed E-state index contributed by atoms with van der Waals surface area (Å²) >= 11 is 0. The maximum atomic E-state index is 5.56. The third-order valence-electron chi connectivity index (χ3n) is 2.32. The molecule has 1 aliphatic heterocycles. The largest absolute Gasteiger partial charge is 0.355 e. The molecule has 0 bridgehead atoms. The van der Waals surface area contributed by atoms with Crippen molar-refractivity contribution in [1.82, 2.24) is 9.97 Å². The number of anilines is 1. The van der Waals surface area contributed by atoms with E-state index in [-0.39, 0.29) is 0 Å². The summed E-state index contributed by atoms with van der Waals surface area (Å²) in [6.45, 7) is 7.73. The van der Waals surface area contributed by atoms with Gasteiger partial charge in [0, 0.05) is 26.2 Å². The molecule has 2 rings (SSSR count). The van der Waals surface area contributed by atoms with Crippen molar-refractivity contribution >= 4 is 5.82 Å². The molecule has 1 saturated heterocycles. The lowest BCUT2D eigenvalue weighted by Crippen LogP contribution is -2.30. The lowest BCUT2D eigenvalue weighted by molar-refractivity contribution is 0.572. The summed E-state index contributed by atoms with van der Waals surface area (Å²) in [4.78, 5) is 10.5. The highest BCUT2D eigenvalue weighted by molar-refractivity contribution is 5.36. The molecule has 3 heteroatoms. The van der Waals surface area contributed by atoms with E-state index in [1.165, 1.54) is 19.3 Å². The average Bonchev–Trinajstić information content (AvgIpc) is 2.19. The van der Waals surface area contributed by atoms with Crippen molar-refractivity contribution in [3.05, 3.63) is 25.0 Å². The normalized spacial score (nSPS) is 17.5. The van der Waals surface area contributed by atoms with Gasteiger partial charge in [0.2, 0.25) is 0 Å². The zero-order valence-electron chi connectivity index (χ0n) is 7.61. The van der Waals surface area contributed by atoms with Crippen LogP contribution in [0.2, 0.25) is 0 Å². The van der Waals surface area contributed by atoms with E-state index >= 15 is 0 Å². The first kappa shape index (κ1) is 8.48. The Kier molecular flexibility index (Phi) is 2.43. The maximum absolute atomic E-state index is 5.56. The molecule has 0 atom stereocenters. The molecule has 13 heavy (non-hydrogen) atoms. The van der Waals surface area contributed by atoms with E-state index in [0.717, 1.165) is 18.9 Å². The van der Waals surface area contributed by atoms with Crippen molar-refractivity contribution in [1.29, 1.82) is 0 Å². The molecule has 3 nitrogen and oxygen atoms in total. The van der Waals surface area contributed by atoms with Gasteiger partial charge < -0.3 is 4.90 Å². The fraction of sp³-hybridized carbons (Fsp3) is 0.500. The smallest absolute Gasteiger partial charge is 0.147 e. The first-order valence-corrected chi connectivity index (χ1v) is 4.69. The average molecular weight is 175 g/mol. The number of rotatable bonds is 1. The first-order chi connectivity index (χ1) is 6.36. The van der Waals surface area contributed by atoms with Crippen molar-refractivity contribution < 1.29 is 0 Å². The van der Waals surface area contributed by atoms with Crippen molar-refractivity contribution in [2.75, 3.05) is 18.0 Å².